The standard InChI is InChI=1S/C16H18N2O4S/c1-10-3-5-12(6-4-10)22-11(2)15(19)17-8-7-14-18-13(9-23-14)16(20)21/h3-6,9,11H,7-8H2,1-2H3,(H,17,19)(H,20,21). The number of aromatic nitrogens is 1. The Kier molecular flexibility index (Phi) is 5.70. The molecule has 7 heteroatoms. The number of hydrogen-bond acceptors (Lipinski definition) is 5. The Bertz CT molecular complexity index is 682. The number of thiazole rings is 1. The first-order valence-corrected chi connectivity index (χ1v) is 8.02. The van der Waals surface area contributed by atoms with E-state index in [4.69, 9.17) is 9.84 Å². The Labute approximate surface area is 138 Å². The smallest absolute Gasteiger partial charge is 0.355 e. The molecule has 1 amide bonds. The molecule has 1 aromatic heterocycles. The van der Waals surface area contributed by atoms with Gasteiger partial charge in [-0.1, -0.05) is 17.7 Å². The van der Waals surface area contributed by atoms with Crippen LogP contribution >= 0.6 is 11.3 Å². The zero-order chi connectivity index (χ0) is 16.8. The molecule has 0 radical (unpaired) electrons. The lowest BCUT2D eigenvalue weighted by Gasteiger charge is -2.14. The molecule has 23 heavy (non-hydrogen) atoms. The molecule has 1 aromatic carbocycles. The second-order valence-electron chi connectivity index (χ2n) is 5.05. The summed E-state index contributed by atoms with van der Waals surface area (Å²) in [6, 6.07) is 7.48. The Morgan fingerprint density at radius 2 is 2.04 bits per heavy atom. The van der Waals surface area contributed by atoms with Gasteiger partial charge in [-0.2, -0.15) is 0 Å². The highest BCUT2D eigenvalue weighted by molar-refractivity contribution is 7.09. The molecule has 0 saturated carbocycles. The highest BCUT2D eigenvalue weighted by atomic mass is 32.1. The van der Waals surface area contributed by atoms with Gasteiger partial charge in [-0.25, -0.2) is 9.78 Å². The monoisotopic (exact) mass is 334 g/mol. The molecular formula is C16H18N2O4S. The zero-order valence-corrected chi connectivity index (χ0v) is 13.7. The largest absolute Gasteiger partial charge is 0.481 e. The lowest BCUT2D eigenvalue weighted by Crippen LogP contribution is -2.37. The second kappa shape index (κ2) is 7.73. The van der Waals surface area contributed by atoms with Crippen molar-refractivity contribution in [2.24, 2.45) is 0 Å². The average molecular weight is 334 g/mol. The maximum Gasteiger partial charge on any atom is 0.355 e. The number of benzene rings is 1. The Balaban J connectivity index is 1.77. The number of hydrogen-bond donors (Lipinski definition) is 2. The Hall–Kier alpha value is -2.41. The van der Waals surface area contributed by atoms with Crippen LogP contribution in [0, 0.1) is 6.92 Å². The van der Waals surface area contributed by atoms with E-state index in [-0.39, 0.29) is 11.6 Å². The van der Waals surface area contributed by atoms with E-state index >= 15 is 0 Å². The summed E-state index contributed by atoms with van der Waals surface area (Å²) in [7, 11) is 0. The fourth-order valence-electron chi connectivity index (χ4n) is 1.83. The molecule has 1 atom stereocenters. The number of carboxylic acid groups (broad SMARTS) is 1. The van der Waals surface area contributed by atoms with Crippen LogP contribution in [0.2, 0.25) is 0 Å². The van der Waals surface area contributed by atoms with Crippen LogP contribution < -0.4 is 10.1 Å². The summed E-state index contributed by atoms with van der Waals surface area (Å²) in [5, 5.41) is 13.7. The van der Waals surface area contributed by atoms with E-state index in [0.29, 0.717) is 23.7 Å². The summed E-state index contributed by atoms with van der Waals surface area (Å²) >= 11 is 1.27. The molecule has 0 aliphatic carbocycles. The predicted octanol–water partition coefficient (Wildman–Crippen LogP) is 2.28. The minimum absolute atomic E-state index is 0.0346. The number of nitrogens with one attached hydrogen (secondary N) is 1. The summed E-state index contributed by atoms with van der Waals surface area (Å²) in [6.07, 6.45) is -0.121. The van der Waals surface area contributed by atoms with Crippen molar-refractivity contribution >= 4 is 23.2 Å². The molecule has 2 aromatic rings. The summed E-state index contributed by atoms with van der Waals surface area (Å²) in [4.78, 5) is 26.7. The van der Waals surface area contributed by atoms with Crippen molar-refractivity contribution in [2.75, 3.05) is 6.54 Å². The van der Waals surface area contributed by atoms with Gasteiger partial charge >= 0.3 is 5.97 Å². The molecule has 1 unspecified atom stereocenters. The van der Waals surface area contributed by atoms with Gasteiger partial charge in [0.05, 0.1) is 5.01 Å². The van der Waals surface area contributed by atoms with Gasteiger partial charge in [-0.3, -0.25) is 4.79 Å². The van der Waals surface area contributed by atoms with Crippen molar-refractivity contribution < 1.29 is 19.4 Å². The number of carboxylic acids is 1. The van der Waals surface area contributed by atoms with Crippen molar-refractivity contribution in [3.8, 4) is 5.75 Å². The zero-order valence-electron chi connectivity index (χ0n) is 12.9. The third-order valence-electron chi connectivity index (χ3n) is 3.11. The van der Waals surface area contributed by atoms with E-state index in [1.165, 1.54) is 16.7 Å². The van der Waals surface area contributed by atoms with Gasteiger partial charge in [0.2, 0.25) is 0 Å². The number of rotatable bonds is 7. The van der Waals surface area contributed by atoms with Gasteiger partial charge in [0.25, 0.3) is 5.91 Å². The van der Waals surface area contributed by atoms with Crippen LogP contribution in [0.15, 0.2) is 29.6 Å². The quantitative estimate of drug-likeness (QED) is 0.811. The van der Waals surface area contributed by atoms with E-state index in [1.807, 2.05) is 31.2 Å². The summed E-state index contributed by atoms with van der Waals surface area (Å²) in [5.74, 6) is -0.624. The third kappa shape index (κ3) is 5.07. The number of ether oxygens (including phenoxy) is 1. The number of aryl methyl sites for hydroxylation is 1. The fourth-order valence-corrected chi connectivity index (χ4v) is 2.61. The van der Waals surface area contributed by atoms with Crippen LogP contribution in [-0.4, -0.2) is 34.6 Å². The van der Waals surface area contributed by atoms with E-state index in [2.05, 4.69) is 10.3 Å². The molecular weight excluding hydrogens is 316 g/mol. The predicted molar refractivity (Wildman–Crippen MR) is 87.1 cm³/mol. The SMILES string of the molecule is Cc1ccc(OC(C)C(=O)NCCc2nc(C(=O)O)cs2)cc1. The van der Waals surface area contributed by atoms with Crippen LogP contribution in [0.4, 0.5) is 0 Å². The number of carbonyl (C=O) groups is 2. The lowest BCUT2D eigenvalue weighted by atomic mass is 10.2. The maximum atomic E-state index is 12.0. The molecule has 6 nitrogen and oxygen atoms in total. The molecule has 1 heterocycles. The molecule has 2 N–H and O–H groups in total. The first-order chi connectivity index (χ1) is 11.0. The molecule has 0 bridgehead atoms. The number of aromatic carboxylic acids is 1. The fraction of sp³-hybridized carbons (Fsp3) is 0.312. The van der Waals surface area contributed by atoms with Crippen molar-refractivity contribution in [3.05, 3.63) is 45.9 Å². The van der Waals surface area contributed by atoms with Crippen molar-refractivity contribution in [2.45, 2.75) is 26.4 Å². The van der Waals surface area contributed by atoms with Gasteiger partial charge in [0, 0.05) is 18.3 Å². The number of carbonyl (C=O) groups excluding carboxylic acids is 1. The second-order valence-corrected chi connectivity index (χ2v) is 5.99. The van der Waals surface area contributed by atoms with E-state index < -0.39 is 12.1 Å². The van der Waals surface area contributed by atoms with E-state index in [0.717, 1.165) is 5.56 Å². The van der Waals surface area contributed by atoms with Crippen LogP contribution in [0.1, 0.15) is 28.0 Å². The molecule has 122 valence electrons. The molecule has 0 aliphatic heterocycles. The van der Waals surface area contributed by atoms with Crippen molar-refractivity contribution in [1.29, 1.82) is 0 Å². The minimum atomic E-state index is -1.04. The van der Waals surface area contributed by atoms with Crippen LogP contribution in [0.5, 0.6) is 5.75 Å². The van der Waals surface area contributed by atoms with Gasteiger partial charge in [-0.15, -0.1) is 11.3 Å². The van der Waals surface area contributed by atoms with Gasteiger partial charge < -0.3 is 15.2 Å². The van der Waals surface area contributed by atoms with Gasteiger partial charge in [0.1, 0.15) is 5.75 Å². The van der Waals surface area contributed by atoms with Crippen LogP contribution in [0.25, 0.3) is 0 Å². The third-order valence-corrected chi connectivity index (χ3v) is 4.02. The molecule has 0 saturated heterocycles. The van der Waals surface area contributed by atoms with E-state index in [9.17, 15) is 9.59 Å². The molecule has 0 aliphatic rings. The summed E-state index contributed by atoms with van der Waals surface area (Å²) in [6.45, 7) is 4.04. The molecule has 2 rings (SSSR count). The van der Waals surface area contributed by atoms with Crippen molar-refractivity contribution in [3.63, 3.8) is 0 Å². The molecule has 0 fully saturated rings. The summed E-state index contributed by atoms with van der Waals surface area (Å²) < 4.78 is 5.57. The highest BCUT2D eigenvalue weighted by Crippen LogP contribution is 2.13. The minimum Gasteiger partial charge on any atom is -0.481 e. The normalized spacial score (nSPS) is 11.7. The number of amides is 1. The lowest BCUT2D eigenvalue weighted by molar-refractivity contribution is -0.127. The topological polar surface area (TPSA) is 88.5 Å². The van der Waals surface area contributed by atoms with E-state index in [1.54, 1.807) is 6.92 Å². The number of nitrogens with zero attached hydrogens (tertiary/aromatic N) is 1. The maximum absolute atomic E-state index is 12.0. The first-order valence-electron chi connectivity index (χ1n) is 7.14. The van der Waals surface area contributed by atoms with Crippen LogP contribution in [0.3, 0.4) is 0 Å². The first kappa shape index (κ1) is 17.0. The Morgan fingerprint density at radius 1 is 1.35 bits per heavy atom. The van der Waals surface area contributed by atoms with Crippen LogP contribution in [-0.2, 0) is 11.2 Å². The van der Waals surface area contributed by atoms with Gasteiger partial charge in [0.15, 0.2) is 11.8 Å². The Morgan fingerprint density at radius 3 is 2.65 bits per heavy atom. The van der Waals surface area contributed by atoms with Gasteiger partial charge in [-0.05, 0) is 26.0 Å². The average Bonchev–Trinajstić information content (AvgIpc) is 2.98. The molecule has 0 spiro atoms. The highest BCUT2D eigenvalue weighted by Gasteiger charge is 2.14. The summed E-state index contributed by atoms with van der Waals surface area (Å²) in [5.41, 5.74) is 1.16. The van der Waals surface area contributed by atoms with Crippen molar-refractivity contribution in [1.82, 2.24) is 10.3 Å².